The minimum absolute atomic E-state index is 0.00792. The molecule has 0 aliphatic heterocycles. The molecule has 0 aliphatic rings. The summed E-state index contributed by atoms with van der Waals surface area (Å²) >= 11 is 1.68. The van der Waals surface area contributed by atoms with E-state index in [0.717, 1.165) is 28.6 Å². The van der Waals surface area contributed by atoms with Crippen molar-refractivity contribution < 1.29 is 9.53 Å². The summed E-state index contributed by atoms with van der Waals surface area (Å²) in [6, 6.07) is 29.0. The molecule has 0 unspecified atom stereocenters. The molecule has 1 amide bonds. The Balaban J connectivity index is 1.55. The predicted octanol–water partition coefficient (Wildman–Crippen LogP) is 3.88. The average molecular weight is 504 g/mol. The van der Waals surface area contributed by atoms with Gasteiger partial charge in [0, 0.05) is 20.6 Å². The van der Waals surface area contributed by atoms with E-state index in [9.17, 15) is 4.79 Å². The van der Waals surface area contributed by atoms with E-state index >= 15 is 0 Å². The van der Waals surface area contributed by atoms with E-state index in [1.807, 2.05) is 55.4 Å². The van der Waals surface area contributed by atoms with Crippen LogP contribution in [0.3, 0.4) is 0 Å². The van der Waals surface area contributed by atoms with Crippen LogP contribution in [-0.4, -0.2) is 38.6 Å². The largest absolute Gasteiger partial charge is 0.497 e. The number of nitrogens with zero attached hydrogens (tertiary/aromatic N) is 2. The van der Waals surface area contributed by atoms with Gasteiger partial charge in [0.05, 0.1) is 23.8 Å². The number of amides is 1. The first kappa shape index (κ1) is 24.9. The van der Waals surface area contributed by atoms with E-state index in [-0.39, 0.29) is 12.3 Å². The Morgan fingerprint density at radius 1 is 0.943 bits per heavy atom. The van der Waals surface area contributed by atoms with Crippen LogP contribution in [-0.2, 0) is 17.6 Å². The molecule has 0 saturated heterocycles. The van der Waals surface area contributed by atoms with Crippen LogP contribution in [0, 0.1) is 0 Å². The summed E-state index contributed by atoms with van der Waals surface area (Å²) in [5.41, 5.74) is 2.02. The van der Waals surface area contributed by atoms with E-state index in [1.54, 1.807) is 18.4 Å². The zero-order valence-electron chi connectivity index (χ0n) is 20.3. The Labute approximate surface area is 212 Å². The third kappa shape index (κ3) is 6.47. The fourth-order valence-corrected chi connectivity index (χ4v) is 7.79. The van der Waals surface area contributed by atoms with Gasteiger partial charge in [0.1, 0.15) is 5.75 Å². The monoisotopic (exact) mass is 503 g/mol. The van der Waals surface area contributed by atoms with Gasteiger partial charge >= 0.3 is 0 Å². The number of hydrogen-bond acceptors (Lipinski definition) is 5. The standard InChI is InChI=1S/C28H30N3O2PS/c1-31(2)28-30-25(20-26(32)29-19-18-21-14-16-22(33-3)17-15-21)27(35-28)34(23-10-6-4-7-11-23)24-12-8-5-9-13-24/h4-17H,18-20H2,1-3H3,(H,29,32). The maximum absolute atomic E-state index is 13.0. The highest BCUT2D eigenvalue weighted by molar-refractivity contribution is 7.84. The number of hydrogen-bond donors (Lipinski definition) is 1. The van der Waals surface area contributed by atoms with Crippen molar-refractivity contribution in [2.75, 3.05) is 32.6 Å². The van der Waals surface area contributed by atoms with Crippen LogP contribution in [0.4, 0.5) is 5.13 Å². The minimum Gasteiger partial charge on any atom is -0.497 e. The fourth-order valence-electron chi connectivity index (χ4n) is 3.70. The quantitative estimate of drug-likeness (QED) is 0.334. The van der Waals surface area contributed by atoms with Crippen LogP contribution in [0.2, 0.25) is 0 Å². The number of carbonyl (C=O) groups excluding carboxylic acids is 1. The molecule has 35 heavy (non-hydrogen) atoms. The van der Waals surface area contributed by atoms with Crippen LogP contribution in [0.25, 0.3) is 0 Å². The Morgan fingerprint density at radius 2 is 1.54 bits per heavy atom. The van der Waals surface area contributed by atoms with Crippen molar-refractivity contribution in [2.45, 2.75) is 12.8 Å². The smallest absolute Gasteiger partial charge is 0.226 e. The first-order valence-electron chi connectivity index (χ1n) is 11.5. The van der Waals surface area contributed by atoms with Gasteiger partial charge in [-0.2, -0.15) is 0 Å². The van der Waals surface area contributed by atoms with Crippen molar-refractivity contribution >= 4 is 45.5 Å². The molecule has 5 nitrogen and oxygen atoms in total. The van der Waals surface area contributed by atoms with Gasteiger partial charge in [0.25, 0.3) is 0 Å². The van der Waals surface area contributed by atoms with Gasteiger partial charge in [-0.1, -0.05) is 84.1 Å². The first-order valence-corrected chi connectivity index (χ1v) is 13.7. The summed E-state index contributed by atoms with van der Waals surface area (Å²) in [5.74, 6) is 0.824. The lowest BCUT2D eigenvalue weighted by atomic mass is 10.1. The fraction of sp³-hybridized carbons (Fsp3) is 0.214. The summed E-state index contributed by atoms with van der Waals surface area (Å²) in [6.45, 7) is 0.581. The van der Waals surface area contributed by atoms with Crippen LogP contribution >= 0.6 is 19.3 Å². The predicted molar refractivity (Wildman–Crippen MR) is 149 cm³/mol. The number of rotatable bonds is 10. The number of thiazole rings is 1. The molecule has 0 aliphatic carbocycles. The maximum Gasteiger partial charge on any atom is 0.226 e. The van der Waals surface area contributed by atoms with Crippen molar-refractivity contribution in [2.24, 2.45) is 0 Å². The van der Waals surface area contributed by atoms with Crippen LogP contribution < -0.4 is 30.2 Å². The highest BCUT2D eigenvalue weighted by Crippen LogP contribution is 2.38. The number of benzene rings is 3. The normalized spacial score (nSPS) is 10.9. The molecule has 3 aromatic carbocycles. The molecule has 1 aromatic heterocycles. The Kier molecular flexibility index (Phi) is 8.51. The van der Waals surface area contributed by atoms with Gasteiger partial charge < -0.3 is 15.0 Å². The Hall–Kier alpha value is -3.21. The Morgan fingerprint density at radius 3 is 2.09 bits per heavy atom. The molecule has 0 fully saturated rings. The number of carbonyl (C=O) groups is 1. The van der Waals surface area contributed by atoms with Gasteiger partial charge in [0.15, 0.2) is 5.13 Å². The van der Waals surface area contributed by atoms with E-state index in [0.29, 0.717) is 6.54 Å². The lowest BCUT2D eigenvalue weighted by molar-refractivity contribution is -0.120. The molecule has 0 bridgehead atoms. The maximum atomic E-state index is 13.0. The van der Waals surface area contributed by atoms with Gasteiger partial charge in [-0.3, -0.25) is 4.79 Å². The van der Waals surface area contributed by atoms with E-state index in [4.69, 9.17) is 9.72 Å². The van der Waals surface area contributed by atoms with Gasteiger partial charge in [-0.25, -0.2) is 4.98 Å². The highest BCUT2D eigenvalue weighted by Gasteiger charge is 2.25. The highest BCUT2D eigenvalue weighted by atomic mass is 32.1. The SMILES string of the molecule is COc1ccc(CCNC(=O)Cc2nc(N(C)C)sc2P(c2ccccc2)c2ccccc2)cc1. The zero-order valence-corrected chi connectivity index (χ0v) is 22.0. The summed E-state index contributed by atoms with van der Waals surface area (Å²) in [6.07, 6.45) is 1.03. The number of ether oxygens (including phenoxy) is 1. The van der Waals surface area contributed by atoms with Gasteiger partial charge in [-0.15, -0.1) is 0 Å². The lowest BCUT2D eigenvalue weighted by Crippen LogP contribution is -2.29. The number of anilines is 1. The molecule has 4 aromatic rings. The second-order valence-electron chi connectivity index (χ2n) is 8.27. The van der Waals surface area contributed by atoms with E-state index in [1.165, 1.54) is 15.2 Å². The number of methoxy groups -OCH3 is 1. The van der Waals surface area contributed by atoms with Crippen LogP contribution in [0.5, 0.6) is 5.75 Å². The van der Waals surface area contributed by atoms with Crippen molar-refractivity contribution in [3.05, 3.63) is 96.2 Å². The summed E-state index contributed by atoms with van der Waals surface area (Å²) in [4.78, 5) is 19.9. The second-order valence-corrected chi connectivity index (χ2v) is 11.7. The molecule has 1 heterocycles. The van der Waals surface area contributed by atoms with Gasteiger partial charge in [0.2, 0.25) is 5.91 Å². The van der Waals surface area contributed by atoms with Crippen molar-refractivity contribution in [3.8, 4) is 5.75 Å². The van der Waals surface area contributed by atoms with Crippen molar-refractivity contribution in [1.29, 1.82) is 0 Å². The Bertz CT molecular complexity index is 1190. The summed E-state index contributed by atoms with van der Waals surface area (Å²) in [5, 5.41) is 6.50. The lowest BCUT2D eigenvalue weighted by Gasteiger charge is -2.18. The molecule has 0 spiro atoms. The van der Waals surface area contributed by atoms with E-state index in [2.05, 4.69) is 53.8 Å². The molecule has 0 radical (unpaired) electrons. The minimum atomic E-state index is -0.818. The molecule has 4 rings (SSSR count). The molecule has 1 N–H and O–H groups in total. The van der Waals surface area contributed by atoms with Crippen molar-refractivity contribution in [1.82, 2.24) is 10.3 Å². The molecule has 180 valence electrons. The topological polar surface area (TPSA) is 54.5 Å². The number of aromatic nitrogens is 1. The molecule has 0 atom stereocenters. The van der Waals surface area contributed by atoms with Crippen molar-refractivity contribution in [3.63, 3.8) is 0 Å². The zero-order chi connectivity index (χ0) is 24.6. The van der Waals surface area contributed by atoms with E-state index < -0.39 is 7.92 Å². The summed E-state index contributed by atoms with van der Waals surface area (Å²) < 4.78 is 6.39. The molecule has 0 saturated carbocycles. The summed E-state index contributed by atoms with van der Waals surface area (Å²) in [7, 11) is 4.83. The molecule has 7 heteroatoms. The van der Waals surface area contributed by atoms with Crippen LogP contribution in [0.15, 0.2) is 84.9 Å². The number of nitrogens with one attached hydrogen (secondary N) is 1. The molecular formula is C28H30N3O2PS. The first-order chi connectivity index (χ1) is 17.0. The van der Waals surface area contributed by atoms with Crippen LogP contribution in [0.1, 0.15) is 11.3 Å². The second kappa shape index (κ2) is 12.0. The molecular weight excluding hydrogens is 473 g/mol. The third-order valence-corrected chi connectivity index (χ3v) is 9.69. The third-order valence-electron chi connectivity index (χ3n) is 5.50. The average Bonchev–Trinajstić information content (AvgIpc) is 3.29. The van der Waals surface area contributed by atoms with Gasteiger partial charge in [-0.05, 0) is 42.6 Å².